The monoisotopic (exact) mass is 269 g/mol. The Balaban J connectivity index is 1.97. The normalized spacial score (nSPS) is 28.2. The Morgan fingerprint density at radius 1 is 1.37 bits per heavy atom. The van der Waals surface area contributed by atoms with E-state index in [1.165, 1.54) is 0 Å². The van der Waals surface area contributed by atoms with Gasteiger partial charge in [0.05, 0.1) is 5.60 Å². The largest absolute Gasteiger partial charge is 0.381 e. The van der Waals surface area contributed by atoms with Crippen molar-refractivity contribution in [2.45, 2.75) is 51.0 Å². The van der Waals surface area contributed by atoms with Crippen LogP contribution in [0.5, 0.6) is 0 Å². The predicted molar refractivity (Wildman–Crippen MR) is 73.9 cm³/mol. The molecule has 0 aromatic carbocycles. The van der Waals surface area contributed by atoms with Crippen LogP contribution >= 0.6 is 0 Å². The molecule has 110 valence electrons. The standard InChI is InChI=1S/C15H27NO3/c1-2-3-13(11-16)14(17)12-4-7-19-15(10-12)5-8-18-9-6-15/h12-13H,2-11,16H2,1H3. The molecule has 2 unspecified atom stereocenters. The molecule has 0 radical (unpaired) electrons. The smallest absolute Gasteiger partial charge is 0.140 e. The van der Waals surface area contributed by atoms with E-state index in [1.54, 1.807) is 0 Å². The van der Waals surface area contributed by atoms with Crippen molar-refractivity contribution in [3.63, 3.8) is 0 Å². The molecule has 0 aromatic heterocycles. The molecule has 2 atom stereocenters. The van der Waals surface area contributed by atoms with Gasteiger partial charge in [-0.2, -0.15) is 0 Å². The summed E-state index contributed by atoms with van der Waals surface area (Å²) in [6, 6.07) is 0. The maximum atomic E-state index is 12.6. The quantitative estimate of drug-likeness (QED) is 0.828. The van der Waals surface area contributed by atoms with E-state index in [2.05, 4.69) is 6.92 Å². The first-order valence-corrected chi connectivity index (χ1v) is 7.66. The minimum atomic E-state index is -0.0950. The predicted octanol–water partition coefficient (Wildman–Crippen LogP) is 1.91. The van der Waals surface area contributed by atoms with Gasteiger partial charge in [-0.25, -0.2) is 0 Å². The third-order valence-corrected chi connectivity index (χ3v) is 4.62. The lowest BCUT2D eigenvalue weighted by atomic mass is 9.76. The van der Waals surface area contributed by atoms with Gasteiger partial charge in [-0.3, -0.25) is 4.79 Å². The fraction of sp³-hybridized carbons (Fsp3) is 0.933. The zero-order valence-electron chi connectivity index (χ0n) is 12.0. The van der Waals surface area contributed by atoms with E-state index in [9.17, 15) is 4.79 Å². The van der Waals surface area contributed by atoms with Crippen molar-refractivity contribution < 1.29 is 14.3 Å². The second-order valence-corrected chi connectivity index (χ2v) is 5.96. The Labute approximate surface area is 116 Å². The molecule has 19 heavy (non-hydrogen) atoms. The minimum absolute atomic E-state index is 0.0463. The first kappa shape index (κ1) is 14.9. The van der Waals surface area contributed by atoms with E-state index in [1.807, 2.05) is 0 Å². The van der Waals surface area contributed by atoms with Crippen molar-refractivity contribution in [3.8, 4) is 0 Å². The van der Waals surface area contributed by atoms with Crippen LogP contribution in [0.4, 0.5) is 0 Å². The van der Waals surface area contributed by atoms with Crippen LogP contribution in [0.3, 0.4) is 0 Å². The molecule has 2 fully saturated rings. The van der Waals surface area contributed by atoms with E-state index in [4.69, 9.17) is 15.2 Å². The molecule has 4 nitrogen and oxygen atoms in total. The number of hydrogen-bond acceptors (Lipinski definition) is 4. The summed E-state index contributed by atoms with van der Waals surface area (Å²) in [6.45, 7) is 4.83. The first-order valence-electron chi connectivity index (χ1n) is 7.66. The van der Waals surface area contributed by atoms with Gasteiger partial charge in [-0.15, -0.1) is 0 Å². The number of ketones is 1. The molecular weight excluding hydrogens is 242 g/mol. The van der Waals surface area contributed by atoms with Crippen LogP contribution in [-0.2, 0) is 14.3 Å². The van der Waals surface area contributed by atoms with Gasteiger partial charge < -0.3 is 15.2 Å². The summed E-state index contributed by atoms with van der Waals surface area (Å²) in [5.74, 6) is 0.565. The summed E-state index contributed by atoms with van der Waals surface area (Å²) in [6.07, 6.45) is 5.53. The Morgan fingerprint density at radius 2 is 2.11 bits per heavy atom. The van der Waals surface area contributed by atoms with Crippen molar-refractivity contribution in [2.75, 3.05) is 26.4 Å². The number of hydrogen-bond donors (Lipinski definition) is 1. The molecule has 0 saturated carbocycles. The molecule has 2 saturated heterocycles. The average molecular weight is 269 g/mol. The molecule has 2 N–H and O–H groups in total. The highest BCUT2D eigenvalue weighted by molar-refractivity contribution is 5.83. The molecule has 4 heteroatoms. The van der Waals surface area contributed by atoms with Gasteiger partial charge in [-0.05, 0) is 32.1 Å². The van der Waals surface area contributed by atoms with Crippen LogP contribution in [0, 0.1) is 11.8 Å². The topological polar surface area (TPSA) is 61.6 Å². The van der Waals surface area contributed by atoms with Crippen LogP contribution in [0.25, 0.3) is 0 Å². The number of nitrogens with two attached hydrogens (primary N) is 1. The molecule has 2 rings (SSSR count). The Kier molecular flexibility index (Phi) is 5.37. The lowest BCUT2D eigenvalue weighted by Crippen LogP contribution is -2.47. The fourth-order valence-corrected chi connectivity index (χ4v) is 3.42. The average Bonchev–Trinajstić information content (AvgIpc) is 2.45. The van der Waals surface area contributed by atoms with Crippen LogP contribution in [0.2, 0.25) is 0 Å². The Hall–Kier alpha value is -0.450. The third kappa shape index (κ3) is 3.56. The van der Waals surface area contributed by atoms with Crippen LogP contribution < -0.4 is 5.73 Å². The fourth-order valence-electron chi connectivity index (χ4n) is 3.42. The summed E-state index contributed by atoms with van der Waals surface area (Å²) >= 11 is 0. The molecule has 0 aromatic rings. The molecule has 0 amide bonds. The van der Waals surface area contributed by atoms with Crippen LogP contribution in [0.1, 0.15) is 45.4 Å². The lowest BCUT2D eigenvalue weighted by Gasteiger charge is -2.43. The second kappa shape index (κ2) is 6.82. The second-order valence-electron chi connectivity index (χ2n) is 5.96. The summed E-state index contributed by atoms with van der Waals surface area (Å²) in [5.41, 5.74) is 5.67. The van der Waals surface area contributed by atoms with Crippen molar-refractivity contribution in [1.82, 2.24) is 0 Å². The molecule has 0 aliphatic carbocycles. The highest BCUT2D eigenvalue weighted by atomic mass is 16.5. The SMILES string of the molecule is CCCC(CN)C(=O)C1CCOC2(CCOCC2)C1. The highest BCUT2D eigenvalue weighted by Crippen LogP contribution is 2.38. The molecule has 0 bridgehead atoms. The maximum Gasteiger partial charge on any atom is 0.140 e. The molecule has 2 aliphatic rings. The van der Waals surface area contributed by atoms with Gasteiger partial charge in [0.15, 0.2) is 0 Å². The summed E-state index contributed by atoms with van der Waals surface area (Å²) in [7, 11) is 0. The zero-order valence-corrected chi connectivity index (χ0v) is 12.0. The van der Waals surface area contributed by atoms with Crippen LogP contribution in [-0.4, -0.2) is 37.7 Å². The number of carbonyl (C=O) groups excluding carboxylic acids is 1. The van der Waals surface area contributed by atoms with E-state index in [-0.39, 0.29) is 17.4 Å². The van der Waals surface area contributed by atoms with Gasteiger partial charge in [0.2, 0.25) is 0 Å². The van der Waals surface area contributed by atoms with Crippen molar-refractivity contribution >= 4 is 5.78 Å². The van der Waals surface area contributed by atoms with E-state index >= 15 is 0 Å². The van der Waals surface area contributed by atoms with Gasteiger partial charge in [0.25, 0.3) is 0 Å². The summed E-state index contributed by atoms with van der Waals surface area (Å²) in [5, 5.41) is 0. The first-order chi connectivity index (χ1) is 9.21. The molecule has 2 heterocycles. The maximum absolute atomic E-state index is 12.6. The van der Waals surface area contributed by atoms with Gasteiger partial charge in [0.1, 0.15) is 5.78 Å². The Morgan fingerprint density at radius 3 is 2.74 bits per heavy atom. The number of rotatable bonds is 5. The Bertz CT molecular complexity index is 294. The number of ether oxygens (including phenoxy) is 2. The highest BCUT2D eigenvalue weighted by Gasteiger charge is 2.42. The lowest BCUT2D eigenvalue weighted by molar-refractivity contribution is -0.159. The third-order valence-electron chi connectivity index (χ3n) is 4.62. The minimum Gasteiger partial charge on any atom is -0.381 e. The summed E-state index contributed by atoms with van der Waals surface area (Å²) in [4.78, 5) is 12.6. The molecule has 2 aliphatic heterocycles. The number of carbonyl (C=O) groups is 1. The van der Waals surface area contributed by atoms with Crippen LogP contribution in [0.15, 0.2) is 0 Å². The molecule has 1 spiro atoms. The van der Waals surface area contributed by atoms with Gasteiger partial charge in [-0.1, -0.05) is 13.3 Å². The van der Waals surface area contributed by atoms with Gasteiger partial charge in [0, 0.05) is 38.2 Å². The molecular formula is C15H27NO3. The van der Waals surface area contributed by atoms with Crippen molar-refractivity contribution in [1.29, 1.82) is 0 Å². The van der Waals surface area contributed by atoms with Gasteiger partial charge >= 0.3 is 0 Å². The summed E-state index contributed by atoms with van der Waals surface area (Å²) < 4.78 is 11.4. The van der Waals surface area contributed by atoms with E-state index in [0.717, 1.165) is 51.7 Å². The zero-order chi connectivity index (χ0) is 13.7. The number of Topliss-reactive ketones (excluding diaryl/α,β-unsaturated/α-hetero) is 1. The van der Waals surface area contributed by atoms with E-state index < -0.39 is 0 Å². The van der Waals surface area contributed by atoms with E-state index in [0.29, 0.717) is 18.9 Å². The van der Waals surface area contributed by atoms with Crippen molar-refractivity contribution in [3.05, 3.63) is 0 Å². The van der Waals surface area contributed by atoms with Crippen molar-refractivity contribution in [2.24, 2.45) is 17.6 Å².